The Kier molecular flexibility index (Phi) is 11.3. The third-order valence-corrected chi connectivity index (χ3v) is 4.97. The molecule has 192 valence electrons. The third kappa shape index (κ3) is 10.2. The third-order valence-electron chi connectivity index (χ3n) is 4.97. The van der Waals surface area contributed by atoms with Crippen LogP contribution in [0.5, 0.6) is 0 Å². The van der Waals surface area contributed by atoms with Crippen LogP contribution in [0, 0.1) is 5.92 Å². The van der Waals surface area contributed by atoms with Crippen LogP contribution in [0.1, 0.15) is 32.3 Å². The van der Waals surface area contributed by atoms with Crippen LogP contribution in [-0.4, -0.2) is 69.9 Å². The highest BCUT2D eigenvalue weighted by Crippen LogP contribution is 2.07. The Hall–Kier alpha value is -4.00. The van der Waals surface area contributed by atoms with E-state index in [-0.39, 0.29) is 12.3 Å². The van der Waals surface area contributed by atoms with Gasteiger partial charge in [-0.05, 0) is 11.5 Å². The molecule has 0 aliphatic heterocycles. The molecule has 0 bridgehead atoms. The van der Waals surface area contributed by atoms with Crippen LogP contribution in [0.25, 0.3) is 0 Å². The van der Waals surface area contributed by atoms with Gasteiger partial charge in [0, 0.05) is 6.42 Å². The molecule has 13 heteroatoms. The first kappa shape index (κ1) is 29.0. The average molecular weight is 494 g/mol. The molecule has 1 aromatic carbocycles. The summed E-state index contributed by atoms with van der Waals surface area (Å²) in [7, 11) is 0. The largest absolute Gasteiger partial charge is 0.481 e. The van der Waals surface area contributed by atoms with Crippen molar-refractivity contribution in [2.24, 2.45) is 17.4 Å². The Labute approximate surface area is 201 Å². The summed E-state index contributed by atoms with van der Waals surface area (Å²) in [6.45, 7) is 3.37. The minimum absolute atomic E-state index is 0.0967. The zero-order chi connectivity index (χ0) is 26.7. The van der Waals surface area contributed by atoms with Crippen molar-refractivity contribution in [2.45, 2.75) is 57.3 Å². The summed E-state index contributed by atoms with van der Waals surface area (Å²) >= 11 is 0. The van der Waals surface area contributed by atoms with E-state index in [1.165, 1.54) is 0 Å². The molecule has 1 rings (SSSR count). The highest BCUT2D eigenvalue weighted by Gasteiger charge is 2.32. The van der Waals surface area contributed by atoms with Crippen molar-refractivity contribution in [1.29, 1.82) is 0 Å². The van der Waals surface area contributed by atoms with E-state index in [0.717, 1.165) is 0 Å². The summed E-state index contributed by atoms with van der Waals surface area (Å²) in [5.41, 5.74) is 11.6. The predicted octanol–water partition coefficient (Wildman–Crippen LogP) is -1.90. The number of hydrogen-bond donors (Lipinski definition) is 7. The molecule has 4 unspecified atom stereocenters. The van der Waals surface area contributed by atoms with Crippen molar-refractivity contribution in [3.8, 4) is 0 Å². The van der Waals surface area contributed by atoms with Gasteiger partial charge in [-0.25, -0.2) is 4.79 Å². The molecule has 4 atom stereocenters. The molecule has 4 amide bonds. The van der Waals surface area contributed by atoms with Crippen molar-refractivity contribution in [2.75, 3.05) is 0 Å². The van der Waals surface area contributed by atoms with Crippen molar-refractivity contribution in [3.63, 3.8) is 0 Å². The van der Waals surface area contributed by atoms with Crippen LogP contribution in [0.3, 0.4) is 0 Å². The summed E-state index contributed by atoms with van der Waals surface area (Å²) in [4.78, 5) is 72.0. The fraction of sp³-hybridized carbons (Fsp3) is 0.455. The van der Waals surface area contributed by atoms with Gasteiger partial charge in [0.2, 0.25) is 23.6 Å². The van der Waals surface area contributed by atoms with E-state index in [2.05, 4.69) is 16.0 Å². The van der Waals surface area contributed by atoms with Crippen molar-refractivity contribution in [1.82, 2.24) is 16.0 Å². The summed E-state index contributed by atoms with van der Waals surface area (Å²) in [6, 6.07) is 2.85. The zero-order valence-electron chi connectivity index (χ0n) is 19.4. The van der Waals surface area contributed by atoms with Gasteiger partial charge in [-0.1, -0.05) is 44.2 Å². The lowest BCUT2D eigenvalue weighted by molar-refractivity contribution is -0.147. The topological polar surface area (TPSA) is 231 Å². The number of rotatable bonds is 14. The van der Waals surface area contributed by atoms with Crippen LogP contribution in [0.4, 0.5) is 0 Å². The van der Waals surface area contributed by atoms with Crippen molar-refractivity contribution in [3.05, 3.63) is 35.9 Å². The van der Waals surface area contributed by atoms with Crippen molar-refractivity contribution < 1.29 is 39.0 Å². The van der Waals surface area contributed by atoms with E-state index in [1.54, 1.807) is 44.2 Å². The number of carboxylic acid groups (broad SMARTS) is 2. The molecule has 0 spiro atoms. The number of benzene rings is 1. The molecular formula is C22H31N5O8. The normalized spacial score (nSPS) is 14.2. The van der Waals surface area contributed by atoms with Crippen LogP contribution >= 0.6 is 0 Å². The van der Waals surface area contributed by atoms with E-state index >= 15 is 0 Å². The van der Waals surface area contributed by atoms with Gasteiger partial charge in [0.1, 0.15) is 18.1 Å². The molecular weight excluding hydrogens is 462 g/mol. The molecule has 0 saturated heterocycles. The van der Waals surface area contributed by atoms with Gasteiger partial charge in [-0.15, -0.1) is 0 Å². The number of primary amides is 1. The molecule has 35 heavy (non-hydrogen) atoms. The molecule has 0 aliphatic rings. The maximum Gasteiger partial charge on any atom is 0.326 e. The Morgan fingerprint density at radius 2 is 1.31 bits per heavy atom. The van der Waals surface area contributed by atoms with Gasteiger partial charge in [0.05, 0.1) is 18.9 Å². The molecule has 9 N–H and O–H groups in total. The average Bonchev–Trinajstić information content (AvgIpc) is 2.76. The van der Waals surface area contributed by atoms with E-state index in [1.807, 2.05) is 0 Å². The number of amides is 4. The van der Waals surface area contributed by atoms with Gasteiger partial charge < -0.3 is 37.6 Å². The second-order valence-corrected chi connectivity index (χ2v) is 8.25. The molecule has 13 nitrogen and oxygen atoms in total. The van der Waals surface area contributed by atoms with Gasteiger partial charge in [-0.3, -0.25) is 24.0 Å². The number of nitrogens with two attached hydrogens (primary N) is 2. The first-order valence-corrected chi connectivity index (χ1v) is 10.7. The highest BCUT2D eigenvalue weighted by atomic mass is 16.4. The second kappa shape index (κ2) is 13.6. The summed E-state index contributed by atoms with van der Waals surface area (Å²) in [5, 5.41) is 25.0. The SMILES string of the molecule is CC(C)C(N)C(=O)NC(CC(N)=O)C(=O)NC(Cc1ccccc1)C(=O)NC(CC(=O)O)C(=O)O. The Bertz CT molecular complexity index is 937. The number of nitrogens with one attached hydrogen (secondary N) is 3. The molecule has 0 radical (unpaired) electrons. The van der Waals surface area contributed by atoms with Crippen LogP contribution in [0.2, 0.25) is 0 Å². The maximum atomic E-state index is 12.9. The highest BCUT2D eigenvalue weighted by molar-refractivity contribution is 5.96. The minimum Gasteiger partial charge on any atom is -0.481 e. The van der Waals surface area contributed by atoms with Gasteiger partial charge in [0.15, 0.2) is 0 Å². The minimum atomic E-state index is -1.75. The first-order valence-electron chi connectivity index (χ1n) is 10.7. The number of hydrogen-bond acceptors (Lipinski definition) is 7. The quantitative estimate of drug-likeness (QED) is 0.153. The Morgan fingerprint density at radius 1 is 0.800 bits per heavy atom. The fourth-order valence-corrected chi connectivity index (χ4v) is 2.96. The number of carbonyl (C=O) groups excluding carboxylic acids is 4. The lowest BCUT2D eigenvalue weighted by Gasteiger charge is -2.25. The fourth-order valence-electron chi connectivity index (χ4n) is 2.96. The van der Waals surface area contributed by atoms with Gasteiger partial charge in [0.25, 0.3) is 0 Å². The van der Waals surface area contributed by atoms with Gasteiger partial charge in [-0.2, -0.15) is 0 Å². The molecule has 0 saturated carbocycles. The Morgan fingerprint density at radius 3 is 1.80 bits per heavy atom. The molecule has 1 aromatic rings. The molecule has 0 heterocycles. The summed E-state index contributed by atoms with van der Waals surface area (Å²) < 4.78 is 0. The van der Waals surface area contributed by atoms with E-state index in [0.29, 0.717) is 5.56 Å². The first-order chi connectivity index (χ1) is 16.3. The van der Waals surface area contributed by atoms with Crippen LogP contribution in [0.15, 0.2) is 30.3 Å². The standard InChI is InChI=1S/C22H31N5O8/c1-11(2)18(24)21(33)26-14(9-16(23)28)20(32)25-13(8-12-6-4-3-5-7-12)19(31)27-15(22(34)35)10-17(29)30/h3-7,11,13-15,18H,8-10,24H2,1-2H3,(H2,23,28)(H,25,32)(H,26,33)(H,27,31)(H,29,30)(H,34,35). The second-order valence-electron chi connectivity index (χ2n) is 8.25. The number of carboxylic acids is 2. The zero-order valence-corrected chi connectivity index (χ0v) is 19.4. The van der Waals surface area contributed by atoms with E-state index < -0.39 is 72.6 Å². The smallest absolute Gasteiger partial charge is 0.326 e. The number of carbonyl (C=O) groups is 6. The molecule has 0 aromatic heterocycles. The maximum absolute atomic E-state index is 12.9. The van der Waals surface area contributed by atoms with Crippen LogP contribution < -0.4 is 27.4 Å². The van der Waals surface area contributed by atoms with Crippen LogP contribution in [-0.2, 0) is 35.2 Å². The van der Waals surface area contributed by atoms with Gasteiger partial charge >= 0.3 is 11.9 Å². The number of aliphatic carboxylic acids is 2. The lowest BCUT2D eigenvalue weighted by atomic mass is 10.0. The van der Waals surface area contributed by atoms with E-state index in [9.17, 15) is 33.9 Å². The lowest BCUT2D eigenvalue weighted by Crippen LogP contribution is -2.58. The Balaban J connectivity index is 3.15. The van der Waals surface area contributed by atoms with Crippen molar-refractivity contribution >= 4 is 35.6 Å². The van der Waals surface area contributed by atoms with E-state index in [4.69, 9.17) is 16.6 Å². The predicted molar refractivity (Wildman–Crippen MR) is 122 cm³/mol. The summed E-state index contributed by atoms with van der Waals surface area (Å²) in [5.74, 6) is -6.82. The monoisotopic (exact) mass is 493 g/mol. The molecule has 0 fully saturated rings. The molecule has 0 aliphatic carbocycles. The summed E-state index contributed by atoms with van der Waals surface area (Å²) in [6.07, 6.45) is -1.57.